The summed E-state index contributed by atoms with van der Waals surface area (Å²) in [6, 6.07) is 63.4. The average molecular weight is 1840 g/mol. The minimum Gasteiger partial charge on any atom is -0.386 e. The number of aryl methyl sites for hydroxylation is 6. The summed E-state index contributed by atoms with van der Waals surface area (Å²) in [4.78, 5) is 26.0. The molecule has 0 bridgehead atoms. The number of imidazole rings is 6. The number of aromatic nitrogens is 24. The van der Waals surface area contributed by atoms with E-state index in [1.165, 1.54) is 66.8 Å². The molecule has 0 saturated carbocycles. The van der Waals surface area contributed by atoms with Crippen molar-refractivity contribution in [3.05, 3.63) is 362 Å². The summed E-state index contributed by atoms with van der Waals surface area (Å²) in [7, 11) is 0. The van der Waals surface area contributed by atoms with E-state index < -0.39 is 36.6 Å². The van der Waals surface area contributed by atoms with E-state index in [-0.39, 0.29) is 71.8 Å². The lowest BCUT2D eigenvalue weighted by Gasteiger charge is -2.28. The maximum atomic E-state index is 11.0. The standard InChI is InChI=1S/6C18H18N4O/c6*23-18-14(6-3-9-22-15(18)7-8-20-22)17-13-5-2-1-4-12(13)16-10-19-11-21(16)17/h6*1-2,4-5,7-8,10-11,14,17-18,23H,3,6,9H2/t14-,17+,18+;14-,17+,18-;2*14-,17-,18+;2*14-,17-,18-/m111010/s1. The summed E-state index contributed by atoms with van der Waals surface area (Å²) >= 11 is 0. The zero-order chi connectivity index (χ0) is 92.3. The molecule has 30 nitrogen and oxygen atoms in total. The first-order valence-electron chi connectivity index (χ1n) is 48.9. The first-order valence-corrected chi connectivity index (χ1v) is 48.9. The molecule has 30 heteroatoms. The van der Waals surface area contributed by atoms with Crippen molar-refractivity contribution in [3.8, 4) is 67.5 Å². The lowest BCUT2D eigenvalue weighted by atomic mass is 9.84. The van der Waals surface area contributed by atoms with E-state index >= 15 is 0 Å². The lowest BCUT2D eigenvalue weighted by molar-refractivity contribution is 0.0797. The fourth-order valence-electron chi connectivity index (χ4n) is 25.7. The fourth-order valence-corrected chi connectivity index (χ4v) is 25.7. The molecule has 138 heavy (non-hydrogen) atoms. The van der Waals surface area contributed by atoms with E-state index in [4.69, 9.17) is 0 Å². The van der Waals surface area contributed by atoms with Crippen molar-refractivity contribution in [1.82, 2.24) is 116 Å². The summed E-state index contributed by atoms with van der Waals surface area (Å²) in [6.07, 6.45) is 42.6. The van der Waals surface area contributed by atoms with Crippen LogP contribution in [0.3, 0.4) is 0 Å². The largest absolute Gasteiger partial charge is 0.386 e. The van der Waals surface area contributed by atoms with Crippen LogP contribution in [-0.2, 0) is 39.3 Å². The topological polar surface area (TPSA) is 335 Å². The molecule has 0 aliphatic carbocycles. The Morgan fingerprint density at radius 2 is 0.348 bits per heavy atom. The summed E-state index contributed by atoms with van der Waals surface area (Å²) in [5.41, 5.74) is 27.6. The lowest BCUT2D eigenvalue weighted by Crippen LogP contribution is -2.23. The van der Waals surface area contributed by atoms with Crippen molar-refractivity contribution in [3.63, 3.8) is 0 Å². The molecule has 696 valence electrons. The number of aliphatic hydroxyl groups is 6. The summed E-state index contributed by atoms with van der Waals surface area (Å²) in [5, 5.41) is 92.3. The highest BCUT2D eigenvalue weighted by atomic mass is 16.3. The zero-order valence-corrected chi connectivity index (χ0v) is 76.2. The first-order chi connectivity index (χ1) is 68.1. The Hall–Kier alpha value is -14.4. The van der Waals surface area contributed by atoms with Crippen molar-refractivity contribution >= 4 is 0 Å². The second-order valence-corrected chi connectivity index (χ2v) is 38.7. The van der Waals surface area contributed by atoms with Crippen molar-refractivity contribution in [2.24, 2.45) is 35.5 Å². The van der Waals surface area contributed by atoms with Crippen molar-refractivity contribution in [2.45, 2.75) is 189 Å². The average Bonchev–Trinajstić information content (AvgIpc) is 1.61. The molecule has 12 aliphatic rings. The van der Waals surface area contributed by atoms with Gasteiger partial charge in [0.2, 0.25) is 0 Å². The quantitative estimate of drug-likeness (QED) is 0.0900. The third-order valence-electron chi connectivity index (χ3n) is 31.8. The van der Waals surface area contributed by atoms with Gasteiger partial charge in [0.25, 0.3) is 0 Å². The van der Waals surface area contributed by atoms with E-state index in [2.05, 4.69) is 233 Å². The molecule has 18 atom stereocenters. The van der Waals surface area contributed by atoms with Crippen LogP contribution in [0.25, 0.3) is 67.5 Å². The molecule has 0 amide bonds. The first kappa shape index (κ1) is 85.3. The molecule has 0 fully saturated rings. The van der Waals surface area contributed by atoms with Crippen LogP contribution in [0.4, 0.5) is 0 Å². The number of benzene rings is 6. The van der Waals surface area contributed by atoms with E-state index in [0.717, 1.165) is 185 Å². The molecule has 6 aromatic carbocycles. The van der Waals surface area contributed by atoms with Crippen LogP contribution in [0.15, 0.2) is 294 Å². The number of hydrogen-bond donors (Lipinski definition) is 6. The highest BCUT2D eigenvalue weighted by Crippen LogP contribution is 2.56. The van der Waals surface area contributed by atoms with Crippen LogP contribution in [0.5, 0.6) is 0 Å². The monoisotopic (exact) mass is 1840 g/mol. The van der Waals surface area contributed by atoms with Crippen molar-refractivity contribution in [2.75, 3.05) is 0 Å². The van der Waals surface area contributed by atoms with Gasteiger partial charge in [0, 0.05) is 145 Å². The number of hydrogen-bond acceptors (Lipinski definition) is 18. The number of nitrogens with zero attached hydrogens (tertiary/aromatic N) is 24. The van der Waals surface area contributed by atoms with Crippen LogP contribution in [0.1, 0.15) is 217 Å². The van der Waals surface area contributed by atoms with E-state index in [9.17, 15) is 30.6 Å². The Bertz CT molecular complexity index is 6310. The molecule has 18 aromatic rings. The Morgan fingerprint density at radius 3 is 0.507 bits per heavy atom. The van der Waals surface area contributed by atoms with Gasteiger partial charge in [0.05, 0.1) is 180 Å². The predicted octanol–water partition coefficient (Wildman–Crippen LogP) is 16.8. The minimum absolute atomic E-state index is 0.129. The van der Waals surface area contributed by atoms with Gasteiger partial charge in [0.15, 0.2) is 0 Å². The van der Waals surface area contributed by atoms with E-state index in [1.807, 2.05) is 140 Å². The Labute approximate surface area is 796 Å². The van der Waals surface area contributed by atoms with Gasteiger partial charge in [-0.25, -0.2) is 29.9 Å². The van der Waals surface area contributed by atoms with E-state index in [0.29, 0.717) is 0 Å². The second-order valence-electron chi connectivity index (χ2n) is 38.7. The van der Waals surface area contributed by atoms with Gasteiger partial charge in [-0.05, 0) is 147 Å². The number of fused-ring (bicyclic) bond motifs is 24. The fraction of sp³-hybridized carbons (Fsp3) is 0.333. The third kappa shape index (κ3) is 14.3. The Kier molecular flexibility index (Phi) is 22.0. The maximum absolute atomic E-state index is 11.0. The molecule has 30 rings (SSSR count). The smallest absolute Gasteiger partial charge is 0.101 e. The van der Waals surface area contributed by atoms with Crippen LogP contribution in [0, 0.1) is 35.5 Å². The maximum Gasteiger partial charge on any atom is 0.101 e. The summed E-state index contributed by atoms with van der Waals surface area (Å²) in [6.45, 7) is 5.26. The van der Waals surface area contributed by atoms with Gasteiger partial charge >= 0.3 is 0 Å². The normalized spacial score (nSPS) is 25.5. The Morgan fingerprint density at radius 1 is 0.196 bits per heavy atom. The van der Waals surface area contributed by atoms with Gasteiger partial charge in [0.1, 0.15) is 36.6 Å². The van der Waals surface area contributed by atoms with Gasteiger partial charge in [-0.2, -0.15) is 30.6 Å². The molecule has 6 N–H and O–H groups in total. The highest BCUT2D eigenvalue weighted by Gasteiger charge is 2.48. The molecular formula is C108H108N24O6. The number of aliphatic hydroxyl groups excluding tert-OH is 6. The summed E-state index contributed by atoms with van der Waals surface area (Å²) < 4.78 is 25.0. The Balaban J connectivity index is 0.0000000878. The van der Waals surface area contributed by atoms with Crippen molar-refractivity contribution < 1.29 is 30.6 Å². The molecule has 12 aliphatic heterocycles. The third-order valence-corrected chi connectivity index (χ3v) is 31.8. The molecule has 0 spiro atoms. The SMILES string of the molecule is O[C@@H]1c2ccnn2CCC[C@@H]1[C@@H]1c2ccccc2-c2cncn21.O[C@@H]1c2ccnn2CCC[C@@H]1[C@H]1c2ccccc2-c2cncn21.O[C@@H]1c2ccnn2CCC[C@H]1[C@@H]1c2ccccc2-c2cncn21.O[C@H]1c2ccnn2CCC[C@@H]1[C@@H]1c2ccccc2-c2cncn21.O[C@H]1c2ccnn2CCC[C@@H]1[C@H]1c2ccccc2-c2cncn21.O[C@H]1c2ccnn2CCC[C@H]1[C@@H]1c2ccccc2-c2cncn21. The van der Waals surface area contributed by atoms with Crippen LogP contribution in [-0.4, -0.2) is 147 Å². The second kappa shape index (κ2) is 35.6. The minimum atomic E-state index is -0.508. The van der Waals surface area contributed by atoms with E-state index in [1.54, 1.807) is 37.2 Å². The van der Waals surface area contributed by atoms with Gasteiger partial charge in [-0.1, -0.05) is 146 Å². The van der Waals surface area contributed by atoms with Crippen LogP contribution < -0.4 is 0 Å². The molecule has 0 unspecified atom stereocenters. The molecule has 24 heterocycles. The highest BCUT2D eigenvalue weighted by molar-refractivity contribution is 5.74. The van der Waals surface area contributed by atoms with Crippen LogP contribution in [0.2, 0.25) is 0 Å². The predicted molar refractivity (Wildman–Crippen MR) is 514 cm³/mol. The number of rotatable bonds is 6. The molecule has 12 aromatic heterocycles. The molecule has 0 radical (unpaired) electrons. The van der Waals surface area contributed by atoms with Gasteiger partial charge in [-0.3, -0.25) is 28.1 Å². The molecule has 0 saturated heterocycles. The zero-order valence-electron chi connectivity index (χ0n) is 76.2. The van der Waals surface area contributed by atoms with Gasteiger partial charge in [-0.15, -0.1) is 0 Å². The van der Waals surface area contributed by atoms with Gasteiger partial charge < -0.3 is 58.0 Å². The molecular weight excluding hydrogens is 1730 g/mol. The summed E-state index contributed by atoms with van der Waals surface area (Å²) in [5.74, 6) is 0.775. The van der Waals surface area contributed by atoms with Crippen LogP contribution >= 0.6 is 0 Å². The van der Waals surface area contributed by atoms with Crippen molar-refractivity contribution in [1.29, 1.82) is 0 Å².